The number of fused-ring (bicyclic) bond motifs is 1. The number of furan rings is 1. The molecule has 0 fully saturated rings. The molecule has 2 N–H and O–H groups in total. The Labute approximate surface area is 154 Å². The van der Waals surface area contributed by atoms with E-state index in [2.05, 4.69) is 5.32 Å². The topological polar surface area (TPSA) is 88.8 Å². The van der Waals surface area contributed by atoms with Gasteiger partial charge in [0, 0.05) is 28.6 Å². The fourth-order valence-corrected chi connectivity index (χ4v) is 2.54. The number of phenolic OH excluding ortho intramolecular Hbond substituents is 1. The molecule has 2 aromatic carbocycles. The second-order valence-electron chi connectivity index (χ2n) is 5.68. The molecule has 0 aliphatic carbocycles. The number of ether oxygens (including phenoxy) is 1. The van der Waals surface area contributed by atoms with Gasteiger partial charge in [0.15, 0.2) is 6.61 Å². The standard InChI is InChI=1S/C19H16ClNO5/c20-14-3-1-12(2-4-14)9-21-18(23)11-26-19(24)7-13-10-25-17-8-15(22)5-6-16(13)17/h1-6,8,10,22H,7,9,11H2,(H,21,23). The Morgan fingerprint density at radius 3 is 2.69 bits per heavy atom. The molecule has 0 saturated heterocycles. The Morgan fingerprint density at radius 1 is 1.15 bits per heavy atom. The largest absolute Gasteiger partial charge is 0.508 e. The number of rotatable bonds is 6. The molecule has 7 heteroatoms. The number of aromatic hydroxyl groups is 1. The zero-order valence-electron chi connectivity index (χ0n) is 13.7. The van der Waals surface area contributed by atoms with Crippen LogP contribution >= 0.6 is 11.6 Å². The maximum Gasteiger partial charge on any atom is 0.310 e. The van der Waals surface area contributed by atoms with Gasteiger partial charge in [0.25, 0.3) is 5.91 Å². The number of nitrogens with one attached hydrogen (secondary N) is 1. The van der Waals surface area contributed by atoms with E-state index < -0.39 is 11.9 Å². The van der Waals surface area contributed by atoms with E-state index in [0.29, 0.717) is 28.1 Å². The van der Waals surface area contributed by atoms with Gasteiger partial charge in [-0.05, 0) is 29.8 Å². The van der Waals surface area contributed by atoms with Gasteiger partial charge in [-0.1, -0.05) is 23.7 Å². The smallest absolute Gasteiger partial charge is 0.310 e. The fraction of sp³-hybridized carbons (Fsp3) is 0.158. The summed E-state index contributed by atoms with van der Waals surface area (Å²) in [5.41, 5.74) is 2.00. The van der Waals surface area contributed by atoms with Crippen molar-refractivity contribution in [2.75, 3.05) is 6.61 Å². The molecule has 1 aromatic heterocycles. The Bertz CT molecular complexity index is 933. The molecular weight excluding hydrogens is 358 g/mol. The summed E-state index contributed by atoms with van der Waals surface area (Å²) in [5, 5.41) is 13.4. The summed E-state index contributed by atoms with van der Waals surface area (Å²) in [6.45, 7) is -0.0353. The Morgan fingerprint density at radius 2 is 1.92 bits per heavy atom. The quantitative estimate of drug-likeness (QED) is 0.648. The summed E-state index contributed by atoms with van der Waals surface area (Å²) in [4.78, 5) is 23.7. The van der Waals surface area contributed by atoms with Crippen LogP contribution in [0.25, 0.3) is 11.0 Å². The molecule has 134 valence electrons. The molecule has 0 aliphatic rings. The number of benzene rings is 2. The maximum atomic E-state index is 11.9. The summed E-state index contributed by atoms with van der Waals surface area (Å²) in [6.07, 6.45) is 1.41. The molecule has 1 amide bonds. The molecule has 3 aromatic rings. The third kappa shape index (κ3) is 4.55. The predicted molar refractivity (Wildman–Crippen MR) is 95.8 cm³/mol. The summed E-state index contributed by atoms with van der Waals surface area (Å²) < 4.78 is 10.3. The van der Waals surface area contributed by atoms with Gasteiger partial charge >= 0.3 is 5.97 Å². The van der Waals surface area contributed by atoms with Gasteiger partial charge < -0.3 is 19.6 Å². The Hall–Kier alpha value is -2.99. The van der Waals surface area contributed by atoms with Crippen molar-refractivity contribution < 1.29 is 23.8 Å². The molecule has 0 saturated carbocycles. The van der Waals surface area contributed by atoms with Crippen LogP contribution in [0, 0.1) is 0 Å². The third-order valence-corrected chi connectivity index (χ3v) is 3.99. The van der Waals surface area contributed by atoms with E-state index in [0.717, 1.165) is 5.56 Å². The molecule has 0 bridgehead atoms. The van der Waals surface area contributed by atoms with Gasteiger partial charge in [-0.15, -0.1) is 0 Å². The average Bonchev–Trinajstić information content (AvgIpc) is 3.01. The second kappa shape index (κ2) is 7.93. The minimum absolute atomic E-state index is 0.0256. The number of hydrogen-bond acceptors (Lipinski definition) is 5. The van der Waals surface area contributed by atoms with Crippen molar-refractivity contribution in [3.8, 4) is 5.75 Å². The maximum absolute atomic E-state index is 11.9. The van der Waals surface area contributed by atoms with Gasteiger partial charge in [0.05, 0.1) is 12.7 Å². The van der Waals surface area contributed by atoms with E-state index in [1.165, 1.54) is 18.4 Å². The molecule has 0 atom stereocenters. The lowest BCUT2D eigenvalue weighted by Gasteiger charge is -2.06. The van der Waals surface area contributed by atoms with Gasteiger partial charge in [0.2, 0.25) is 0 Å². The number of hydrogen-bond donors (Lipinski definition) is 2. The van der Waals surface area contributed by atoms with Crippen LogP contribution in [0.4, 0.5) is 0 Å². The van der Waals surface area contributed by atoms with E-state index in [4.69, 9.17) is 20.8 Å². The first-order chi connectivity index (χ1) is 12.5. The summed E-state index contributed by atoms with van der Waals surface area (Å²) in [7, 11) is 0. The van der Waals surface area contributed by atoms with Gasteiger partial charge in [-0.2, -0.15) is 0 Å². The van der Waals surface area contributed by atoms with E-state index in [-0.39, 0.29) is 18.8 Å². The zero-order valence-corrected chi connectivity index (χ0v) is 14.5. The van der Waals surface area contributed by atoms with Crippen molar-refractivity contribution >= 4 is 34.4 Å². The van der Waals surface area contributed by atoms with Crippen LogP contribution in [0.15, 0.2) is 53.1 Å². The second-order valence-corrected chi connectivity index (χ2v) is 6.12. The first-order valence-corrected chi connectivity index (χ1v) is 8.25. The highest BCUT2D eigenvalue weighted by Crippen LogP contribution is 2.25. The van der Waals surface area contributed by atoms with Crippen LogP contribution < -0.4 is 5.32 Å². The van der Waals surface area contributed by atoms with Crippen LogP contribution in [0.3, 0.4) is 0 Å². The molecule has 26 heavy (non-hydrogen) atoms. The molecule has 3 rings (SSSR count). The van der Waals surface area contributed by atoms with E-state index >= 15 is 0 Å². The highest BCUT2D eigenvalue weighted by molar-refractivity contribution is 6.30. The number of phenols is 1. The molecule has 0 aliphatic heterocycles. The highest BCUT2D eigenvalue weighted by Gasteiger charge is 2.13. The molecule has 6 nitrogen and oxygen atoms in total. The van der Waals surface area contributed by atoms with Crippen molar-refractivity contribution in [1.29, 1.82) is 0 Å². The predicted octanol–water partition coefficient (Wildman–Crippen LogP) is 3.19. The number of carbonyl (C=O) groups is 2. The SMILES string of the molecule is O=C(COC(=O)Cc1coc2cc(O)ccc12)NCc1ccc(Cl)cc1. The van der Waals surface area contributed by atoms with Crippen molar-refractivity contribution in [1.82, 2.24) is 5.32 Å². The Balaban J connectivity index is 1.47. The first kappa shape index (κ1) is 17.8. The highest BCUT2D eigenvalue weighted by atomic mass is 35.5. The minimum Gasteiger partial charge on any atom is -0.508 e. The lowest BCUT2D eigenvalue weighted by atomic mass is 10.1. The van der Waals surface area contributed by atoms with Gasteiger partial charge in [0.1, 0.15) is 11.3 Å². The van der Waals surface area contributed by atoms with E-state index in [1.54, 1.807) is 30.3 Å². The lowest BCUT2D eigenvalue weighted by molar-refractivity contribution is -0.147. The number of carbonyl (C=O) groups excluding carboxylic acids is 2. The summed E-state index contributed by atoms with van der Waals surface area (Å²) >= 11 is 5.80. The fourth-order valence-electron chi connectivity index (χ4n) is 2.42. The van der Waals surface area contributed by atoms with Crippen LogP contribution in [-0.4, -0.2) is 23.6 Å². The summed E-state index contributed by atoms with van der Waals surface area (Å²) in [6, 6.07) is 11.7. The number of halogens is 1. The van der Waals surface area contributed by atoms with Gasteiger partial charge in [-0.25, -0.2) is 0 Å². The molecule has 0 unspecified atom stereocenters. The van der Waals surface area contributed by atoms with Crippen LogP contribution in [0.2, 0.25) is 5.02 Å². The van der Waals surface area contributed by atoms with Crippen LogP contribution in [-0.2, 0) is 27.3 Å². The monoisotopic (exact) mass is 373 g/mol. The minimum atomic E-state index is -0.539. The van der Waals surface area contributed by atoms with Crippen LogP contribution in [0.1, 0.15) is 11.1 Å². The van der Waals surface area contributed by atoms with E-state index in [9.17, 15) is 14.7 Å². The lowest BCUT2D eigenvalue weighted by Crippen LogP contribution is -2.28. The number of esters is 1. The van der Waals surface area contributed by atoms with Crippen molar-refractivity contribution in [2.45, 2.75) is 13.0 Å². The van der Waals surface area contributed by atoms with Crippen molar-refractivity contribution in [3.63, 3.8) is 0 Å². The van der Waals surface area contributed by atoms with Gasteiger partial charge in [-0.3, -0.25) is 9.59 Å². The zero-order chi connectivity index (χ0) is 18.5. The Kier molecular flexibility index (Phi) is 5.43. The molecular formula is C19H16ClNO5. The average molecular weight is 374 g/mol. The van der Waals surface area contributed by atoms with Crippen molar-refractivity contribution in [2.24, 2.45) is 0 Å². The van der Waals surface area contributed by atoms with E-state index in [1.807, 2.05) is 0 Å². The number of amides is 1. The van der Waals surface area contributed by atoms with Crippen LogP contribution in [0.5, 0.6) is 5.75 Å². The van der Waals surface area contributed by atoms with Crippen molar-refractivity contribution in [3.05, 3.63) is 64.9 Å². The normalized spacial score (nSPS) is 10.7. The molecule has 1 heterocycles. The molecule has 0 spiro atoms. The summed E-state index contributed by atoms with van der Waals surface area (Å²) in [5.74, 6) is -0.851. The third-order valence-electron chi connectivity index (χ3n) is 3.74. The first-order valence-electron chi connectivity index (χ1n) is 7.87. The molecule has 0 radical (unpaired) electrons.